The summed E-state index contributed by atoms with van der Waals surface area (Å²) < 4.78 is 5.33. The van der Waals surface area contributed by atoms with Gasteiger partial charge in [-0.3, -0.25) is 0 Å². The second-order valence-corrected chi connectivity index (χ2v) is 4.67. The number of ether oxygens (including phenoxy) is 1. The van der Waals surface area contributed by atoms with E-state index in [2.05, 4.69) is 0 Å². The highest BCUT2D eigenvalue weighted by Gasteiger charge is 2.37. The van der Waals surface area contributed by atoms with Gasteiger partial charge in [-0.1, -0.05) is 0 Å². The van der Waals surface area contributed by atoms with Crippen molar-refractivity contribution in [2.24, 2.45) is 0 Å². The summed E-state index contributed by atoms with van der Waals surface area (Å²) in [6, 6.07) is -0.0429. The Balaban J connectivity index is 2.58. The summed E-state index contributed by atoms with van der Waals surface area (Å²) in [6.07, 6.45) is -1.18. The smallest absolute Gasteiger partial charge is 0.182 e. The molecule has 0 spiro atoms. The maximum absolute atomic E-state index is 9.73. The lowest BCUT2D eigenvalue weighted by Crippen LogP contribution is -2.55. The van der Waals surface area contributed by atoms with E-state index in [1.54, 1.807) is 0 Å². The molecule has 0 aromatic rings. The molecule has 1 aliphatic heterocycles. The second kappa shape index (κ2) is 5.23. The van der Waals surface area contributed by atoms with Crippen molar-refractivity contribution >= 4 is 0 Å². The highest BCUT2D eigenvalue weighted by molar-refractivity contribution is 4.86. The van der Waals surface area contributed by atoms with Gasteiger partial charge in [0.15, 0.2) is 6.29 Å². The molecular weight excluding hydrogens is 196 g/mol. The lowest BCUT2D eigenvalue weighted by Gasteiger charge is -2.40. The van der Waals surface area contributed by atoms with Crippen LogP contribution in [0.3, 0.4) is 0 Å². The Morgan fingerprint density at radius 1 is 1.20 bits per heavy atom. The Hall–Kier alpha value is -0.200. The van der Waals surface area contributed by atoms with E-state index in [-0.39, 0.29) is 12.1 Å². The van der Waals surface area contributed by atoms with Gasteiger partial charge in [-0.2, -0.15) is 0 Å². The Bertz CT molecular complexity index is 199. The first-order valence-corrected chi connectivity index (χ1v) is 5.24. The van der Waals surface area contributed by atoms with Crippen LogP contribution < -0.4 is 0 Å². The van der Waals surface area contributed by atoms with E-state index >= 15 is 0 Å². The number of aliphatic hydroxyl groups excluding tert-OH is 2. The van der Waals surface area contributed by atoms with E-state index < -0.39 is 12.4 Å². The second-order valence-electron chi connectivity index (χ2n) is 4.67. The molecule has 90 valence electrons. The summed E-state index contributed by atoms with van der Waals surface area (Å²) in [4.78, 5) is 3.95. The number of aliphatic hydroxyl groups is 2. The summed E-state index contributed by atoms with van der Waals surface area (Å²) in [5.74, 6) is 0. The third-order valence-electron chi connectivity index (χ3n) is 2.75. The van der Waals surface area contributed by atoms with Crippen LogP contribution in [0, 0.1) is 0 Å². The molecular formula is C10H22N2O3. The van der Waals surface area contributed by atoms with Crippen LogP contribution in [0.15, 0.2) is 0 Å². The molecule has 1 fully saturated rings. The third kappa shape index (κ3) is 3.39. The van der Waals surface area contributed by atoms with Gasteiger partial charge in [0, 0.05) is 12.6 Å². The first kappa shape index (κ1) is 12.9. The zero-order valence-corrected chi connectivity index (χ0v) is 9.92. The van der Waals surface area contributed by atoms with Crippen molar-refractivity contribution in [1.29, 1.82) is 0 Å². The molecule has 1 saturated heterocycles. The lowest BCUT2D eigenvalue weighted by molar-refractivity contribution is -0.235. The Morgan fingerprint density at radius 3 is 2.27 bits per heavy atom. The topological polar surface area (TPSA) is 56.2 Å². The van der Waals surface area contributed by atoms with Gasteiger partial charge in [0.25, 0.3) is 0 Å². The van der Waals surface area contributed by atoms with Crippen molar-refractivity contribution < 1.29 is 14.9 Å². The molecule has 15 heavy (non-hydrogen) atoms. The van der Waals surface area contributed by atoms with E-state index in [0.29, 0.717) is 0 Å². The molecule has 0 saturated carbocycles. The van der Waals surface area contributed by atoms with Gasteiger partial charge >= 0.3 is 0 Å². The third-order valence-corrected chi connectivity index (χ3v) is 2.75. The molecule has 2 N–H and O–H groups in total. The summed E-state index contributed by atoms with van der Waals surface area (Å²) >= 11 is 0. The van der Waals surface area contributed by atoms with Crippen molar-refractivity contribution in [1.82, 2.24) is 9.80 Å². The fourth-order valence-electron chi connectivity index (χ4n) is 1.97. The van der Waals surface area contributed by atoms with Crippen LogP contribution in [0.5, 0.6) is 0 Å². The van der Waals surface area contributed by atoms with E-state index in [9.17, 15) is 10.2 Å². The van der Waals surface area contributed by atoms with Gasteiger partial charge in [-0.25, -0.2) is 0 Å². The van der Waals surface area contributed by atoms with Crippen LogP contribution in [0.2, 0.25) is 0 Å². The molecule has 3 unspecified atom stereocenters. The average molecular weight is 218 g/mol. The molecule has 0 aromatic carbocycles. The van der Waals surface area contributed by atoms with Crippen LogP contribution in [-0.2, 0) is 4.74 Å². The van der Waals surface area contributed by atoms with Crippen LogP contribution >= 0.6 is 0 Å². The monoisotopic (exact) mass is 218 g/mol. The molecule has 0 bridgehead atoms. The largest absolute Gasteiger partial charge is 0.386 e. The molecule has 1 aliphatic rings. The highest BCUT2D eigenvalue weighted by atomic mass is 16.6. The summed E-state index contributed by atoms with van der Waals surface area (Å²) in [5.41, 5.74) is 0. The van der Waals surface area contributed by atoms with E-state index in [4.69, 9.17) is 4.74 Å². The van der Waals surface area contributed by atoms with Crippen molar-refractivity contribution in [3.8, 4) is 0 Å². The van der Waals surface area contributed by atoms with Gasteiger partial charge in [-0.05, 0) is 34.6 Å². The fourth-order valence-corrected chi connectivity index (χ4v) is 1.97. The predicted molar refractivity (Wildman–Crippen MR) is 57.5 cm³/mol. The normalized spacial score (nSPS) is 37.6. The zero-order chi connectivity index (χ0) is 11.6. The minimum absolute atomic E-state index is 0.0224. The Labute approximate surface area is 91.2 Å². The number of hydrogen-bond donors (Lipinski definition) is 2. The lowest BCUT2D eigenvalue weighted by atomic mass is 9.98. The van der Waals surface area contributed by atoms with Crippen molar-refractivity contribution in [3.63, 3.8) is 0 Å². The predicted octanol–water partition coefficient (Wildman–Crippen LogP) is -1.05. The van der Waals surface area contributed by atoms with Gasteiger partial charge < -0.3 is 24.7 Å². The number of hydrogen-bond acceptors (Lipinski definition) is 5. The van der Waals surface area contributed by atoms with E-state index in [1.165, 1.54) is 0 Å². The standard InChI is InChI=1S/C10H22N2O3/c1-11(2)6-7-5-8(12(3)4)9(13)10(14)15-7/h7-10,13-14H,5-6H2,1-4H3/t7?,8?,9?,10-/m1/s1. The van der Waals surface area contributed by atoms with Gasteiger partial charge in [0.05, 0.1) is 6.10 Å². The molecule has 0 amide bonds. The molecule has 0 aromatic heterocycles. The SMILES string of the molecule is CN(C)CC1CC(N(C)C)C(O)[C@H](O)O1. The maximum Gasteiger partial charge on any atom is 0.182 e. The minimum Gasteiger partial charge on any atom is -0.386 e. The Kier molecular flexibility index (Phi) is 4.48. The molecule has 4 atom stereocenters. The molecule has 0 aliphatic carbocycles. The average Bonchev–Trinajstić information content (AvgIpc) is 2.09. The first-order chi connectivity index (χ1) is 6.91. The number of likely N-dealkylation sites (N-methyl/N-ethyl adjacent to an activating group) is 2. The van der Waals surface area contributed by atoms with Crippen molar-refractivity contribution in [2.45, 2.75) is 31.0 Å². The van der Waals surface area contributed by atoms with Gasteiger partial charge in [-0.15, -0.1) is 0 Å². The molecule has 0 radical (unpaired) electrons. The first-order valence-electron chi connectivity index (χ1n) is 5.24. The minimum atomic E-state index is -1.07. The van der Waals surface area contributed by atoms with E-state index in [0.717, 1.165) is 13.0 Å². The molecule has 1 heterocycles. The fraction of sp³-hybridized carbons (Fsp3) is 1.00. The molecule has 5 nitrogen and oxygen atoms in total. The van der Waals surface area contributed by atoms with E-state index in [1.807, 2.05) is 38.0 Å². The summed E-state index contributed by atoms with van der Waals surface area (Å²) in [7, 11) is 7.73. The maximum atomic E-state index is 9.73. The Morgan fingerprint density at radius 2 is 1.80 bits per heavy atom. The van der Waals surface area contributed by atoms with Gasteiger partial charge in [0.1, 0.15) is 6.10 Å². The van der Waals surface area contributed by atoms with Crippen molar-refractivity contribution in [3.05, 3.63) is 0 Å². The van der Waals surface area contributed by atoms with Gasteiger partial charge in [0.2, 0.25) is 0 Å². The quantitative estimate of drug-likeness (QED) is 0.633. The van der Waals surface area contributed by atoms with Crippen LogP contribution in [0.1, 0.15) is 6.42 Å². The van der Waals surface area contributed by atoms with Crippen LogP contribution in [-0.4, -0.2) is 79.3 Å². The van der Waals surface area contributed by atoms with Crippen LogP contribution in [0.4, 0.5) is 0 Å². The highest BCUT2D eigenvalue weighted by Crippen LogP contribution is 2.22. The molecule has 5 heteroatoms. The molecule has 1 rings (SSSR count). The summed E-state index contributed by atoms with van der Waals surface area (Å²) in [5, 5.41) is 19.3. The van der Waals surface area contributed by atoms with Crippen LogP contribution in [0.25, 0.3) is 0 Å². The zero-order valence-electron chi connectivity index (χ0n) is 9.92. The number of rotatable bonds is 3. The number of nitrogens with zero attached hydrogens (tertiary/aromatic N) is 2. The summed E-state index contributed by atoms with van der Waals surface area (Å²) in [6.45, 7) is 0.758. The van der Waals surface area contributed by atoms with Crippen molar-refractivity contribution in [2.75, 3.05) is 34.7 Å².